The van der Waals surface area contributed by atoms with Gasteiger partial charge in [0, 0.05) is 12.1 Å². The number of imide groups is 1. The molecule has 0 aliphatic carbocycles. The Morgan fingerprint density at radius 1 is 1.03 bits per heavy atom. The predicted octanol–water partition coefficient (Wildman–Crippen LogP) is 6.25. The van der Waals surface area contributed by atoms with Gasteiger partial charge in [-0.05, 0) is 72.3 Å². The normalized spacial score (nSPS) is 14.4. The molecule has 0 bridgehead atoms. The second kappa shape index (κ2) is 11.3. The van der Waals surface area contributed by atoms with Crippen molar-refractivity contribution in [2.75, 3.05) is 13.2 Å². The zero-order chi connectivity index (χ0) is 25.7. The Morgan fingerprint density at radius 2 is 1.75 bits per heavy atom. The van der Waals surface area contributed by atoms with Crippen molar-refractivity contribution in [2.45, 2.75) is 13.5 Å². The molecule has 1 saturated heterocycles. The quantitative estimate of drug-likeness (QED) is 0.185. The van der Waals surface area contributed by atoms with Gasteiger partial charge < -0.3 is 9.47 Å². The molecule has 0 aromatic heterocycles. The van der Waals surface area contributed by atoms with Crippen molar-refractivity contribution in [3.8, 4) is 11.5 Å². The molecule has 0 N–H and O–H groups in total. The molecule has 0 unspecified atom stereocenters. The van der Waals surface area contributed by atoms with Crippen LogP contribution in [0.1, 0.15) is 16.7 Å². The van der Waals surface area contributed by atoms with Crippen LogP contribution in [0.4, 0.5) is 10.5 Å². The Kier molecular flexibility index (Phi) is 7.92. The predicted molar refractivity (Wildman–Crippen MR) is 138 cm³/mol. The fourth-order valence-corrected chi connectivity index (χ4v) is 4.44. The third kappa shape index (κ3) is 6.24. The van der Waals surface area contributed by atoms with E-state index < -0.39 is 4.92 Å². The van der Waals surface area contributed by atoms with Gasteiger partial charge >= 0.3 is 0 Å². The van der Waals surface area contributed by atoms with Gasteiger partial charge in [0.05, 0.1) is 21.4 Å². The molecule has 0 atom stereocenters. The first-order valence-electron chi connectivity index (χ1n) is 10.9. The third-order valence-electron chi connectivity index (χ3n) is 5.27. The Hall–Kier alpha value is -3.82. The fraction of sp³-hybridized carbons (Fsp3) is 0.154. The van der Waals surface area contributed by atoms with Crippen molar-refractivity contribution in [1.29, 1.82) is 0 Å². The van der Waals surface area contributed by atoms with Crippen molar-refractivity contribution < 1.29 is 24.0 Å². The summed E-state index contributed by atoms with van der Waals surface area (Å²) in [6.07, 6.45) is 1.61. The molecule has 4 rings (SSSR count). The highest BCUT2D eigenvalue weighted by Crippen LogP contribution is 2.34. The Labute approximate surface area is 216 Å². The number of non-ortho nitro benzene ring substituents is 1. The summed E-state index contributed by atoms with van der Waals surface area (Å²) in [5.41, 5.74) is 2.51. The Balaban J connectivity index is 1.34. The Morgan fingerprint density at radius 3 is 2.42 bits per heavy atom. The smallest absolute Gasteiger partial charge is 0.293 e. The van der Waals surface area contributed by atoms with E-state index in [2.05, 4.69) is 0 Å². The Bertz CT molecular complexity index is 1330. The van der Waals surface area contributed by atoms with Crippen LogP contribution in [0, 0.1) is 17.0 Å². The van der Waals surface area contributed by atoms with Crippen LogP contribution in [-0.4, -0.2) is 34.1 Å². The van der Waals surface area contributed by atoms with Gasteiger partial charge in [0.2, 0.25) is 0 Å². The number of rotatable bonds is 9. The van der Waals surface area contributed by atoms with Gasteiger partial charge in [-0.15, -0.1) is 0 Å². The van der Waals surface area contributed by atoms with Gasteiger partial charge in [-0.1, -0.05) is 35.4 Å². The van der Waals surface area contributed by atoms with E-state index in [1.54, 1.807) is 36.4 Å². The second-order valence-corrected chi connectivity index (χ2v) is 9.30. The molecule has 3 aromatic rings. The highest BCUT2D eigenvalue weighted by molar-refractivity contribution is 8.18. The maximum atomic E-state index is 12.7. The zero-order valence-corrected chi connectivity index (χ0v) is 20.8. The first kappa shape index (κ1) is 25.3. The molecule has 0 radical (unpaired) electrons. The average molecular weight is 525 g/mol. The summed E-state index contributed by atoms with van der Waals surface area (Å²) in [7, 11) is 0. The molecule has 2 amide bonds. The van der Waals surface area contributed by atoms with E-state index in [9.17, 15) is 19.7 Å². The minimum atomic E-state index is -0.464. The number of nitro groups is 1. The number of benzene rings is 3. The van der Waals surface area contributed by atoms with Crippen LogP contribution in [0.15, 0.2) is 71.6 Å². The van der Waals surface area contributed by atoms with E-state index in [1.165, 1.54) is 12.1 Å². The molecule has 8 nitrogen and oxygen atoms in total. The highest BCUT2D eigenvalue weighted by Gasteiger charge is 2.34. The lowest BCUT2D eigenvalue weighted by Crippen LogP contribution is -2.32. The lowest BCUT2D eigenvalue weighted by molar-refractivity contribution is -0.384. The maximum absolute atomic E-state index is 12.7. The number of halogens is 1. The number of hydrogen-bond acceptors (Lipinski definition) is 7. The lowest BCUT2D eigenvalue weighted by atomic mass is 10.2. The summed E-state index contributed by atoms with van der Waals surface area (Å²) in [4.78, 5) is 36.9. The topological polar surface area (TPSA) is 99.0 Å². The molecule has 1 heterocycles. The number of nitro benzene ring substituents is 1. The van der Waals surface area contributed by atoms with Gasteiger partial charge in [0.25, 0.3) is 16.8 Å². The van der Waals surface area contributed by atoms with Crippen LogP contribution in [0.5, 0.6) is 11.5 Å². The molecule has 184 valence electrons. The van der Waals surface area contributed by atoms with E-state index in [4.69, 9.17) is 21.1 Å². The molecular formula is C26H21ClN2O6S. The van der Waals surface area contributed by atoms with Crippen LogP contribution in [0.3, 0.4) is 0 Å². The van der Waals surface area contributed by atoms with Crippen molar-refractivity contribution >= 4 is 46.3 Å². The number of carbonyl (C=O) groups excluding carboxylic acids is 2. The first-order valence-corrected chi connectivity index (χ1v) is 12.1. The molecule has 3 aromatic carbocycles. The molecule has 1 fully saturated rings. The standard InChI is InChI=1S/C26H21ClN2O6S/c1-17-2-9-21(10-3-17)34-13-12-28-25(30)24(36-26(28)31)15-19-6-11-23(22(27)14-19)35-16-18-4-7-20(8-5-18)29(32)33/h2-11,14-15H,12-13,16H2,1H3/b24-15-. The van der Waals surface area contributed by atoms with Crippen LogP contribution >= 0.6 is 23.4 Å². The number of thioether (sulfide) groups is 1. The number of ether oxygens (including phenoxy) is 2. The van der Waals surface area contributed by atoms with Crippen LogP contribution in [0.2, 0.25) is 5.02 Å². The third-order valence-corrected chi connectivity index (χ3v) is 6.48. The van der Waals surface area contributed by atoms with Gasteiger partial charge in [-0.3, -0.25) is 24.6 Å². The molecule has 0 saturated carbocycles. The molecule has 36 heavy (non-hydrogen) atoms. The summed E-state index contributed by atoms with van der Waals surface area (Å²) in [5.74, 6) is 0.717. The van der Waals surface area contributed by atoms with Crippen molar-refractivity contribution in [2.24, 2.45) is 0 Å². The summed E-state index contributed by atoms with van der Waals surface area (Å²) >= 11 is 7.22. The van der Waals surface area contributed by atoms with E-state index in [-0.39, 0.29) is 36.6 Å². The van der Waals surface area contributed by atoms with Crippen LogP contribution < -0.4 is 9.47 Å². The molecule has 0 spiro atoms. The highest BCUT2D eigenvalue weighted by atomic mass is 35.5. The van der Waals surface area contributed by atoms with E-state index in [0.717, 1.165) is 27.8 Å². The number of carbonyl (C=O) groups is 2. The van der Waals surface area contributed by atoms with Crippen molar-refractivity contribution in [3.63, 3.8) is 0 Å². The van der Waals surface area contributed by atoms with Gasteiger partial charge in [0.15, 0.2) is 0 Å². The minimum absolute atomic E-state index is 0.00402. The average Bonchev–Trinajstić information content (AvgIpc) is 3.12. The number of amides is 2. The molecular weight excluding hydrogens is 504 g/mol. The molecule has 1 aliphatic rings. The first-order chi connectivity index (χ1) is 17.3. The summed E-state index contributed by atoms with van der Waals surface area (Å²) < 4.78 is 11.4. The van der Waals surface area contributed by atoms with Gasteiger partial charge in [-0.25, -0.2) is 0 Å². The summed E-state index contributed by atoms with van der Waals surface area (Å²) in [6.45, 7) is 2.50. The number of aryl methyl sites for hydroxylation is 1. The second-order valence-electron chi connectivity index (χ2n) is 7.90. The van der Waals surface area contributed by atoms with E-state index in [0.29, 0.717) is 27.0 Å². The maximum Gasteiger partial charge on any atom is 0.293 e. The van der Waals surface area contributed by atoms with Crippen molar-refractivity contribution in [3.05, 3.63) is 103 Å². The SMILES string of the molecule is Cc1ccc(OCCN2C(=O)S/C(=C\c3ccc(OCc4ccc([N+](=O)[O-])cc4)c(Cl)c3)C2=O)cc1. The summed E-state index contributed by atoms with van der Waals surface area (Å²) in [5, 5.41) is 10.7. The minimum Gasteiger partial charge on any atom is -0.492 e. The van der Waals surface area contributed by atoms with Gasteiger partial charge in [0.1, 0.15) is 24.7 Å². The number of hydrogen-bond donors (Lipinski definition) is 0. The van der Waals surface area contributed by atoms with Gasteiger partial charge in [-0.2, -0.15) is 0 Å². The van der Waals surface area contributed by atoms with E-state index in [1.807, 2.05) is 31.2 Å². The fourth-order valence-electron chi connectivity index (χ4n) is 3.33. The van der Waals surface area contributed by atoms with Crippen LogP contribution in [0.25, 0.3) is 6.08 Å². The lowest BCUT2D eigenvalue weighted by Gasteiger charge is -2.13. The number of nitrogens with zero attached hydrogens (tertiary/aromatic N) is 2. The molecule has 10 heteroatoms. The van der Waals surface area contributed by atoms with E-state index >= 15 is 0 Å². The molecule has 1 aliphatic heterocycles. The largest absolute Gasteiger partial charge is 0.492 e. The monoisotopic (exact) mass is 524 g/mol. The zero-order valence-electron chi connectivity index (χ0n) is 19.2. The van der Waals surface area contributed by atoms with Crippen molar-refractivity contribution in [1.82, 2.24) is 4.90 Å². The summed E-state index contributed by atoms with van der Waals surface area (Å²) in [6, 6.07) is 18.6. The van der Waals surface area contributed by atoms with Crippen LogP contribution in [-0.2, 0) is 11.4 Å².